The summed E-state index contributed by atoms with van der Waals surface area (Å²) in [5.74, 6) is 0. The molecule has 0 aliphatic heterocycles. The summed E-state index contributed by atoms with van der Waals surface area (Å²) in [6.07, 6.45) is 0. The van der Waals surface area contributed by atoms with Crippen LogP contribution in [0.3, 0.4) is 0 Å². The normalized spacial score (nSPS) is 16.8. The molecule has 7 rings (SSSR count). The molecule has 0 spiro atoms. The van der Waals surface area contributed by atoms with E-state index in [0.29, 0.717) is 0 Å². The van der Waals surface area contributed by atoms with Crippen LogP contribution < -0.4 is 0 Å². The van der Waals surface area contributed by atoms with Gasteiger partial charge in [-0.05, 0) is 46.0 Å². The minimum atomic E-state index is -0.536. The molecule has 0 saturated carbocycles. The lowest BCUT2D eigenvalue weighted by Crippen LogP contribution is -2.28. The van der Waals surface area contributed by atoms with Gasteiger partial charge in [0.1, 0.15) is 11.2 Å². The maximum absolute atomic E-state index is 6.63. The van der Waals surface area contributed by atoms with E-state index in [0.717, 1.165) is 32.5 Å². The lowest BCUT2D eigenvalue weighted by atomic mass is 9.67. The van der Waals surface area contributed by atoms with Crippen molar-refractivity contribution in [2.75, 3.05) is 0 Å². The highest BCUT2D eigenvalue weighted by Crippen LogP contribution is 2.58. The average Bonchev–Trinajstić information content (AvgIpc) is 3.38. The first-order valence-electron chi connectivity index (χ1n) is 11.1. The summed E-state index contributed by atoms with van der Waals surface area (Å²) in [5.41, 5.74) is 8.52. The first kappa shape index (κ1) is 18.7. The predicted molar refractivity (Wildman–Crippen MR) is 136 cm³/mol. The van der Waals surface area contributed by atoms with Gasteiger partial charge in [0, 0.05) is 21.4 Å². The van der Waals surface area contributed by atoms with Crippen molar-refractivity contribution in [3.63, 3.8) is 0 Å². The lowest BCUT2D eigenvalue weighted by Gasteiger charge is -2.33. The predicted octanol–water partition coefficient (Wildman–Crippen LogP) is 8.60. The second-order valence-electron chi connectivity index (χ2n) is 8.63. The Morgan fingerprint density at radius 1 is 0.545 bits per heavy atom. The summed E-state index contributed by atoms with van der Waals surface area (Å²) in [4.78, 5) is 0. The van der Waals surface area contributed by atoms with Crippen molar-refractivity contribution in [2.24, 2.45) is 0 Å². The van der Waals surface area contributed by atoms with Gasteiger partial charge in [-0.25, -0.2) is 0 Å². The summed E-state index contributed by atoms with van der Waals surface area (Å²) in [7, 11) is 0. The van der Waals surface area contributed by atoms with Gasteiger partial charge in [-0.3, -0.25) is 0 Å². The van der Waals surface area contributed by atoms with E-state index in [9.17, 15) is 0 Å². The van der Waals surface area contributed by atoms with Crippen LogP contribution in [0.15, 0.2) is 120 Å². The van der Waals surface area contributed by atoms with E-state index in [1.165, 1.54) is 27.8 Å². The number of para-hydroxylation sites is 2. The Hall–Kier alpha value is -3.81. The summed E-state index contributed by atoms with van der Waals surface area (Å²) in [6.45, 7) is 0. The number of rotatable bonds is 2. The standard InChI is InChI=1S/C31H19ClO/c32-21-17-18-23-22-11-4-6-14-26(22)31(28(23)19-21,20-9-2-1-3-10-20)27-15-8-13-25-24-12-5-7-16-29(24)33-30(25)27/h1-19H. The highest BCUT2D eigenvalue weighted by molar-refractivity contribution is 6.30. The van der Waals surface area contributed by atoms with Gasteiger partial charge in [-0.2, -0.15) is 0 Å². The lowest BCUT2D eigenvalue weighted by molar-refractivity contribution is 0.648. The Bertz CT molecular complexity index is 1680. The average molecular weight is 443 g/mol. The molecule has 1 heterocycles. The Balaban J connectivity index is 1.72. The van der Waals surface area contributed by atoms with Gasteiger partial charge in [0.2, 0.25) is 0 Å². The molecule has 1 atom stereocenters. The molecule has 0 N–H and O–H groups in total. The van der Waals surface area contributed by atoms with Gasteiger partial charge < -0.3 is 4.42 Å². The van der Waals surface area contributed by atoms with Crippen molar-refractivity contribution in [3.05, 3.63) is 143 Å². The van der Waals surface area contributed by atoms with Gasteiger partial charge in [-0.15, -0.1) is 0 Å². The van der Waals surface area contributed by atoms with Crippen molar-refractivity contribution in [1.82, 2.24) is 0 Å². The molecule has 33 heavy (non-hydrogen) atoms. The maximum Gasteiger partial charge on any atom is 0.140 e. The number of hydrogen-bond donors (Lipinski definition) is 0. The molecular weight excluding hydrogens is 424 g/mol. The summed E-state index contributed by atoms with van der Waals surface area (Å²) < 4.78 is 6.57. The maximum atomic E-state index is 6.63. The van der Waals surface area contributed by atoms with Crippen molar-refractivity contribution >= 4 is 33.5 Å². The molecule has 0 fully saturated rings. The fraction of sp³-hybridized carbons (Fsp3) is 0.0323. The van der Waals surface area contributed by atoms with Crippen LogP contribution in [-0.2, 0) is 5.41 Å². The zero-order valence-electron chi connectivity index (χ0n) is 17.8. The Morgan fingerprint density at radius 2 is 1.24 bits per heavy atom. The van der Waals surface area contributed by atoms with Crippen LogP contribution in [0.4, 0.5) is 0 Å². The van der Waals surface area contributed by atoms with Crippen LogP contribution in [0.2, 0.25) is 5.02 Å². The third-order valence-corrected chi connectivity index (χ3v) is 7.26. The Kier molecular flexibility index (Phi) is 3.88. The zero-order chi connectivity index (χ0) is 22.0. The quantitative estimate of drug-likeness (QED) is 0.261. The fourth-order valence-corrected chi connectivity index (χ4v) is 5.91. The van der Waals surface area contributed by atoms with Crippen LogP contribution in [-0.4, -0.2) is 0 Å². The van der Waals surface area contributed by atoms with Crippen molar-refractivity contribution in [3.8, 4) is 11.1 Å². The topological polar surface area (TPSA) is 13.1 Å². The van der Waals surface area contributed by atoms with Crippen LogP contribution in [0.5, 0.6) is 0 Å². The van der Waals surface area contributed by atoms with Crippen LogP contribution >= 0.6 is 11.6 Å². The smallest absolute Gasteiger partial charge is 0.140 e. The first-order chi connectivity index (χ1) is 16.3. The van der Waals surface area contributed by atoms with E-state index in [4.69, 9.17) is 16.0 Å². The number of furan rings is 1. The van der Waals surface area contributed by atoms with E-state index >= 15 is 0 Å². The molecule has 0 bridgehead atoms. The van der Waals surface area contributed by atoms with Gasteiger partial charge in [0.25, 0.3) is 0 Å². The van der Waals surface area contributed by atoms with Crippen LogP contribution in [0, 0.1) is 0 Å². The third-order valence-electron chi connectivity index (χ3n) is 7.02. The second-order valence-corrected chi connectivity index (χ2v) is 9.07. The van der Waals surface area contributed by atoms with Gasteiger partial charge in [-0.1, -0.05) is 109 Å². The number of benzene rings is 5. The van der Waals surface area contributed by atoms with Crippen molar-refractivity contribution in [1.29, 1.82) is 0 Å². The van der Waals surface area contributed by atoms with Crippen molar-refractivity contribution < 1.29 is 4.42 Å². The number of hydrogen-bond acceptors (Lipinski definition) is 1. The summed E-state index contributed by atoms with van der Waals surface area (Å²) >= 11 is 6.63. The minimum absolute atomic E-state index is 0.536. The molecule has 5 aromatic carbocycles. The first-order valence-corrected chi connectivity index (χ1v) is 11.5. The third kappa shape index (κ3) is 2.43. The van der Waals surface area contributed by atoms with E-state index in [1.807, 2.05) is 18.2 Å². The monoisotopic (exact) mass is 442 g/mol. The van der Waals surface area contributed by atoms with Gasteiger partial charge in [0.05, 0.1) is 5.41 Å². The Morgan fingerprint density at radius 3 is 2.15 bits per heavy atom. The van der Waals surface area contributed by atoms with Crippen molar-refractivity contribution in [2.45, 2.75) is 5.41 Å². The highest BCUT2D eigenvalue weighted by Gasteiger charge is 2.47. The largest absolute Gasteiger partial charge is 0.456 e. The molecule has 1 aromatic heterocycles. The van der Waals surface area contributed by atoms with Gasteiger partial charge in [0.15, 0.2) is 0 Å². The van der Waals surface area contributed by atoms with E-state index in [2.05, 4.69) is 97.1 Å². The minimum Gasteiger partial charge on any atom is -0.456 e. The van der Waals surface area contributed by atoms with E-state index in [-0.39, 0.29) is 0 Å². The molecule has 1 unspecified atom stereocenters. The van der Waals surface area contributed by atoms with E-state index < -0.39 is 5.41 Å². The highest BCUT2D eigenvalue weighted by atomic mass is 35.5. The summed E-state index contributed by atoms with van der Waals surface area (Å²) in [6, 6.07) is 40.5. The second kappa shape index (κ2) is 6.84. The summed E-state index contributed by atoms with van der Waals surface area (Å²) in [5, 5.41) is 3.00. The molecule has 0 radical (unpaired) electrons. The van der Waals surface area contributed by atoms with E-state index in [1.54, 1.807) is 0 Å². The molecule has 1 nitrogen and oxygen atoms in total. The molecule has 6 aromatic rings. The zero-order valence-corrected chi connectivity index (χ0v) is 18.5. The molecule has 0 amide bonds. The van der Waals surface area contributed by atoms with Gasteiger partial charge >= 0.3 is 0 Å². The molecule has 2 heteroatoms. The number of halogens is 1. The Labute approximate surface area is 196 Å². The molecule has 0 saturated heterocycles. The number of fused-ring (bicyclic) bond motifs is 6. The molecular formula is C31H19ClO. The van der Waals surface area contributed by atoms with Crippen LogP contribution in [0.25, 0.3) is 33.1 Å². The fourth-order valence-electron chi connectivity index (χ4n) is 5.74. The SMILES string of the molecule is Clc1ccc2c(c1)C(c1ccccc1)(c1cccc3c1oc1ccccc13)c1ccccc1-2. The van der Waals surface area contributed by atoms with Crippen LogP contribution in [0.1, 0.15) is 22.3 Å². The molecule has 156 valence electrons. The molecule has 1 aliphatic rings. The molecule has 1 aliphatic carbocycles.